The first-order valence-electron chi connectivity index (χ1n) is 10.3. The molecule has 0 aliphatic carbocycles. The van der Waals surface area contributed by atoms with Crippen LogP contribution in [0.5, 0.6) is 5.75 Å². The van der Waals surface area contributed by atoms with Crippen LogP contribution in [0.25, 0.3) is 0 Å². The van der Waals surface area contributed by atoms with Crippen molar-refractivity contribution >= 4 is 5.91 Å². The third-order valence-electron chi connectivity index (χ3n) is 5.80. The van der Waals surface area contributed by atoms with E-state index in [-0.39, 0.29) is 11.9 Å². The number of rotatable bonds is 5. The predicted molar refractivity (Wildman–Crippen MR) is 108 cm³/mol. The molecule has 1 N–H and O–H groups in total. The lowest BCUT2D eigenvalue weighted by molar-refractivity contribution is 0.0910. The summed E-state index contributed by atoms with van der Waals surface area (Å²) in [6.45, 7) is 6.72. The van der Waals surface area contributed by atoms with Gasteiger partial charge in [0.25, 0.3) is 5.91 Å². The van der Waals surface area contributed by atoms with Crippen LogP contribution in [0.4, 0.5) is 0 Å². The lowest BCUT2D eigenvalue weighted by Crippen LogP contribution is -2.42. The zero-order valence-electron chi connectivity index (χ0n) is 17.0. The molecule has 1 unspecified atom stereocenters. The number of nitrogens with one attached hydrogen (secondary N) is 1. The first-order valence-corrected chi connectivity index (χ1v) is 10.3. The Balaban J connectivity index is 1.40. The molecule has 1 amide bonds. The van der Waals surface area contributed by atoms with Crippen LogP contribution in [0, 0.1) is 5.92 Å². The molecule has 0 spiro atoms. The van der Waals surface area contributed by atoms with Crippen LogP contribution >= 0.6 is 0 Å². The second-order valence-electron chi connectivity index (χ2n) is 8.53. The van der Waals surface area contributed by atoms with E-state index in [1.165, 1.54) is 12.8 Å². The van der Waals surface area contributed by atoms with Crippen LogP contribution in [0.1, 0.15) is 48.6 Å². The number of carbonyl (C=O) groups excluding carboxylic acids is 1. The Morgan fingerprint density at radius 3 is 3.00 bits per heavy atom. The number of hydrogen-bond acceptors (Lipinski definition) is 4. The first-order chi connectivity index (χ1) is 13.5. The highest BCUT2D eigenvalue weighted by molar-refractivity contribution is 5.92. The molecule has 150 valence electrons. The average molecular weight is 383 g/mol. The van der Waals surface area contributed by atoms with Gasteiger partial charge < -0.3 is 14.6 Å². The molecule has 0 bridgehead atoms. The molecule has 2 aliphatic rings. The average Bonchev–Trinajstić information content (AvgIpc) is 3.09. The van der Waals surface area contributed by atoms with Gasteiger partial charge in [-0.25, -0.2) is 4.98 Å². The van der Waals surface area contributed by atoms with Crippen LogP contribution in [0.2, 0.25) is 0 Å². The van der Waals surface area contributed by atoms with Crippen molar-refractivity contribution in [1.82, 2.24) is 19.8 Å². The predicted octanol–water partition coefficient (Wildman–Crippen LogP) is 2.87. The second-order valence-corrected chi connectivity index (χ2v) is 8.53. The summed E-state index contributed by atoms with van der Waals surface area (Å²) in [5, 5.41) is 3.09. The van der Waals surface area contributed by atoms with Crippen LogP contribution in [-0.2, 0) is 19.5 Å². The minimum atomic E-state index is -0.115. The Bertz CT molecular complexity index is 845. The summed E-state index contributed by atoms with van der Waals surface area (Å²) < 4.78 is 7.94. The van der Waals surface area contributed by atoms with Crippen LogP contribution < -0.4 is 10.1 Å². The zero-order chi connectivity index (χ0) is 19.7. The maximum atomic E-state index is 12.8. The standard InChI is InChI=1S/C22H30N4O2/c1-15(2)8-9-18-11-26-12-19(24-21(26)13-25(18)3)22(27)23-17-10-16-6-4-5-7-20(16)28-14-17/h4-7,12,15,17-18H,8-11,13-14H2,1-3H3,(H,23,27)/t17-,18?/m1/s1. The maximum absolute atomic E-state index is 12.8. The molecular formula is C22H30N4O2. The monoisotopic (exact) mass is 382 g/mol. The summed E-state index contributed by atoms with van der Waals surface area (Å²) in [6, 6.07) is 8.48. The van der Waals surface area contributed by atoms with Crippen molar-refractivity contribution in [3.05, 3.63) is 47.5 Å². The number of para-hydroxylation sites is 1. The summed E-state index contributed by atoms with van der Waals surface area (Å²) in [6.07, 6.45) is 5.09. The molecule has 28 heavy (non-hydrogen) atoms. The number of amides is 1. The van der Waals surface area contributed by atoms with E-state index in [1.807, 2.05) is 24.4 Å². The van der Waals surface area contributed by atoms with Crippen LogP contribution in [-0.4, -0.2) is 46.1 Å². The van der Waals surface area contributed by atoms with E-state index in [4.69, 9.17) is 4.74 Å². The van der Waals surface area contributed by atoms with Gasteiger partial charge >= 0.3 is 0 Å². The van der Waals surface area contributed by atoms with E-state index in [9.17, 15) is 4.79 Å². The van der Waals surface area contributed by atoms with Crippen molar-refractivity contribution in [2.45, 2.75) is 58.3 Å². The molecule has 4 rings (SSSR count). The van der Waals surface area contributed by atoms with Gasteiger partial charge in [0, 0.05) is 18.8 Å². The molecule has 0 saturated heterocycles. The molecule has 0 radical (unpaired) electrons. The molecule has 6 nitrogen and oxygen atoms in total. The van der Waals surface area contributed by atoms with E-state index < -0.39 is 0 Å². The third-order valence-corrected chi connectivity index (χ3v) is 5.80. The van der Waals surface area contributed by atoms with Gasteiger partial charge in [0.2, 0.25) is 0 Å². The fourth-order valence-electron chi connectivity index (χ4n) is 4.08. The molecule has 0 saturated carbocycles. The van der Waals surface area contributed by atoms with Gasteiger partial charge in [-0.2, -0.15) is 0 Å². The van der Waals surface area contributed by atoms with Crippen molar-refractivity contribution in [1.29, 1.82) is 0 Å². The molecular weight excluding hydrogens is 352 g/mol. The summed E-state index contributed by atoms with van der Waals surface area (Å²) >= 11 is 0. The van der Waals surface area contributed by atoms with Gasteiger partial charge in [-0.05, 0) is 43.9 Å². The Morgan fingerprint density at radius 2 is 2.18 bits per heavy atom. The summed E-state index contributed by atoms with van der Waals surface area (Å²) in [5.74, 6) is 2.48. The molecule has 1 aromatic carbocycles. The Kier molecular flexibility index (Phi) is 5.40. The lowest BCUT2D eigenvalue weighted by atomic mass is 10.0. The molecule has 2 aliphatic heterocycles. The first kappa shape index (κ1) is 19.0. The summed E-state index contributed by atoms with van der Waals surface area (Å²) in [7, 11) is 2.15. The highest BCUT2D eigenvalue weighted by atomic mass is 16.5. The van der Waals surface area contributed by atoms with E-state index in [0.29, 0.717) is 24.3 Å². The molecule has 3 heterocycles. The highest BCUT2D eigenvalue weighted by Gasteiger charge is 2.27. The normalized spacial score (nSPS) is 21.7. The Hall–Kier alpha value is -2.34. The van der Waals surface area contributed by atoms with E-state index in [1.54, 1.807) is 0 Å². The number of benzene rings is 1. The minimum absolute atomic E-state index is 0.0254. The van der Waals surface area contributed by atoms with Gasteiger partial charge in [0.1, 0.15) is 23.9 Å². The minimum Gasteiger partial charge on any atom is -0.491 e. The topological polar surface area (TPSA) is 59.4 Å². The summed E-state index contributed by atoms with van der Waals surface area (Å²) in [5.41, 5.74) is 1.64. The Labute approximate surface area is 166 Å². The number of aromatic nitrogens is 2. The maximum Gasteiger partial charge on any atom is 0.271 e. The number of imidazole rings is 1. The van der Waals surface area contributed by atoms with Gasteiger partial charge in [0.05, 0.1) is 12.6 Å². The van der Waals surface area contributed by atoms with Crippen molar-refractivity contribution in [3.8, 4) is 5.75 Å². The van der Waals surface area contributed by atoms with E-state index >= 15 is 0 Å². The lowest BCUT2D eigenvalue weighted by Gasteiger charge is -2.33. The van der Waals surface area contributed by atoms with Crippen molar-refractivity contribution in [2.75, 3.05) is 13.7 Å². The van der Waals surface area contributed by atoms with E-state index in [2.05, 4.69) is 46.7 Å². The van der Waals surface area contributed by atoms with E-state index in [0.717, 1.165) is 36.6 Å². The fraction of sp³-hybridized carbons (Fsp3) is 0.545. The molecule has 0 fully saturated rings. The van der Waals surface area contributed by atoms with Gasteiger partial charge in [-0.15, -0.1) is 0 Å². The number of ether oxygens (including phenoxy) is 1. The molecule has 2 atom stereocenters. The SMILES string of the molecule is CC(C)CCC1Cn2cc(C(=O)N[C@H]3COc4ccccc4C3)nc2CN1C. The number of nitrogens with zero attached hydrogens (tertiary/aromatic N) is 3. The van der Waals surface area contributed by atoms with Crippen LogP contribution in [0.15, 0.2) is 30.5 Å². The van der Waals surface area contributed by atoms with Crippen molar-refractivity contribution in [2.24, 2.45) is 5.92 Å². The van der Waals surface area contributed by atoms with Crippen molar-refractivity contribution in [3.63, 3.8) is 0 Å². The van der Waals surface area contributed by atoms with Gasteiger partial charge in [-0.1, -0.05) is 32.0 Å². The highest BCUT2D eigenvalue weighted by Crippen LogP contribution is 2.24. The van der Waals surface area contributed by atoms with Gasteiger partial charge in [-0.3, -0.25) is 9.69 Å². The molecule has 6 heteroatoms. The summed E-state index contributed by atoms with van der Waals surface area (Å²) in [4.78, 5) is 19.7. The fourth-order valence-corrected chi connectivity index (χ4v) is 4.08. The number of carbonyl (C=O) groups is 1. The molecule has 2 aromatic rings. The van der Waals surface area contributed by atoms with Gasteiger partial charge in [0.15, 0.2) is 0 Å². The number of likely N-dealkylation sites (N-methyl/N-ethyl adjacent to an activating group) is 1. The smallest absolute Gasteiger partial charge is 0.271 e. The quantitative estimate of drug-likeness (QED) is 0.864. The Morgan fingerprint density at radius 1 is 1.36 bits per heavy atom. The second kappa shape index (κ2) is 7.95. The van der Waals surface area contributed by atoms with Crippen molar-refractivity contribution < 1.29 is 9.53 Å². The van der Waals surface area contributed by atoms with Crippen LogP contribution in [0.3, 0.4) is 0 Å². The number of hydrogen-bond donors (Lipinski definition) is 1. The zero-order valence-corrected chi connectivity index (χ0v) is 17.0. The molecule has 1 aromatic heterocycles. The third kappa shape index (κ3) is 4.07. The largest absolute Gasteiger partial charge is 0.491 e. The number of fused-ring (bicyclic) bond motifs is 2.